The number of ether oxygens (including phenoxy) is 1. The second kappa shape index (κ2) is 6.62. The van der Waals surface area contributed by atoms with Gasteiger partial charge in [-0.3, -0.25) is 0 Å². The van der Waals surface area contributed by atoms with Crippen LogP contribution < -0.4 is 10.5 Å². The van der Waals surface area contributed by atoms with Crippen LogP contribution in [0.1, 0.15) is 0 Å². The Morgan fingerprint density at radius 1 is 0.812 bits per heavy atom. The fraction of sp³-hybridized carbons (Fsp3) is 0.120. The highest BCUT2D eigenvalue weighted by molar-refractivity contribution is 5.97. The molecule has 0 amide bonds. The van der Waals surface area contributed by atoms with Crippen LogP contribution in [0, 0.1) is 0 Å². The third kappa shape index (κ3) is 2.61. The number of nitrogen functional groups attached to an aromatic ring is 1. The molecule has 4 heterocycles. The van der Waals surface area contributed by atoms with Crippen LogP contribution in [0.15, 0.2) is 67.0 Å². The Morgan fingerprint density at radius 3 is 2.31 bits per heavy atom. The lowest BCUT2D eigenvalue weighted by Crippen LogP contribution is -2.01. The molecule has 7 heteroatoms. The van der Waals surface area contributed by atoms with Gasteiger partial charge in [0.05, 0.1) is 18.5 Å². The maximum atomic E-state index is 6.43. The van der Waals surface area contributed by atoms with Gasteiger partial charge in [0, 0.05) is 71.6 Å². The van der Waals surface area contributed by atoms with Crippen molar-refractivity contribution >= 4 is 33.3 Å². The van der Waals surface area contributed by atoms with E-state index in [1.54, 1.807) is 11.6 Å². The minimum atomic E-state index is 0.538. The summed E-state index contributed by atoms with van der Waals surface area (Å²) in [5.74, 6) is 1.35. The molecular formula is C25H22N6O. The summed E-state index contributed by atoms with van der Waals surface area (Å²) in [7, 11) is 5.74. The van der Waals surface area contributed by atoms with Crippen molar-refractivity contribution in [2.75, 3.05) is 12.8 Å². The number of methoxy groups -OCH3 is 1. The summed E-state index contributed by atoms with van der Waals surface area (Å²) < 4.78 is 11.3. The molecule has 0 aliphatic carbocycles. The highest BCUT2D eigenvalue weighted by atomic mass is 16.5. The average molecular weight is 422 g/mol. The molecule has 0 aliphatic heterocycles. The van der Waals surface area contributed by atoms with Gasteiger partial charge in [0.2, 0.25) is 0 Å². The van der Waals surface area contributed by atoms with Crippen LogP contribution in [0.4, 0.5) is 5.82 Å². The molecule has 0 bridgehead atoms. The lowest BCUT2D eigenvalue weighted by atomic mass is 10.1. The Labute approximate surface area is 184 Å². The topological polar surface area (TPSA) is 75.3 Å². The van der Waals surface area contributed by atoms with Gasteiger partial charge in [-0.1, -0.05) is 18.2 Å². The number of nitrogens with two attached hydrogens (primary N) is 1. The zero-order chi connectivity index (χ0) is 22.0. The van der Waals surface area contributed by atoms with Crippen molar-refractivity contribution in [3.05, 3.63) is 67.0 Å². The van der Waals surface area contributed by atoms with Crippen LogP contribution in [0.2, 0.25) is 0 Å². The molecule has 4 aromatic heterocycles. The predicted octanol–water partition coefficient (Wildman–Crippen LogP) is 4.64. The predicted molar refractivity (Wildman–Crippen MR) is 128 cm³/mol. The molecule has 0 saturated heterocycles. The van der Waals surface area contributed by atoms with E-state index < -0.39 is 0 Å². The highest BCUT2D eigenvalue weighted by Gasteiger charge is 2.17. The van der Waals surface area contributed by atoms with Crippen molar-refractivity contribution < 1.29 is 4.74 Å². The molecule has 2 N–H and O–H groups in total. The van der Waals surface area contributed by atoms with Crippen molar-refractivity contribution in [3.63, 3.8) is 0 Å². The molecule has 0 unspecified atom stereocenters. The molecular weight excluding hydrogens is 400 g/mol. The number of anilines is 1. The van der Waals surface area contributed by atoms with Crippen molar-refractivity contribution in [1.29, 1.82) is 0 Å². The molecule has 158 valence electrons. The van der Waals surface area contributed by atoms with Crippen LogP contribution in [0.25, 0.3) is 50.0 Å². The van der Waals surface area contributed by atoms with Crippen LogP contribution in [0.3, 0.4) is 0 Å². The van der Waals surface area contributed by atoms with E-state index >= 15 is 0 Å². The smallest absolute Gasteiger partial charge is 0.158 e. The molecule has 0 fully saturated rings. The van der Waals surface area contributed by atoms with E-state index in [9.17, 15) is 0 Å². The molecule has 0 spiro atoms. The van der Waals surface area contributed by atoms with Crippen LogP contribution in [0.5, 0.6) is 5.75 Å². The Kier molecular flexibility index (Phi) is 3.83. The fourth-order valence-corrected chi connectivity index (χ4v) is 4.52. The average Bonchev–Trinajstić information content (AvgIpc) is 3.48. The van der Waals surface area contributed by atoms with Crippen molar-refractivity contribution in [2.45, 2.75) is 0 Å². The van der Waals surface area contributed by atoms with Crippen molar-refractivity contribution in [3.8, 4) is 28.3 Å². The second-order valence-corrected chi connectivity index (χ2v) is 8.07. The standard InChI is InChI=1S/C25H22N6O/c1-29-13-18(16-6-4-5-7-22(16)29)21-12-25-27-20(11-24(26)31(25)28-21)19-14-30(2)23-9-8-15(32-3)10-17(19)23/h4-14H,26H2,1-3H3. The molecule has 0 aliphatic rings. The molecule has 6 aromatic rings. The number of hydrogen-bond acceptors (Lipinski definition) is 4. The maximum Gasteiger partial charge on any atom is 0.158 e. The van der Waals surface area contributed by atoms with Gasteiger partial charge in [0.1, 0.15) is 11.6 Å². The van der Waals surface area contributed by atoms with E-state index in [4.69, 9.17) is 20.6 Å². The van der Waals surface area contributed by atoms with E-state index in [-0.39, 0.29) is 0 Å². The first-order valence-corrected chi connectivity index (χ1v) is 10.4. The monoisotopic (exact) mass is 422 g/mol. The summed E-state index contributed by atoms with van der Waals surface area (Å²) >= 11 is 0. The number of para-hydroxylation sites is 1. The summed E-state index contributed by atoms with van der Waals surface area (Å²) in [6.07, 6.45) is 4.17. The van der Waals surface area contributed by atoms with Crippen LogP contribution in [-0.2, 0) is 14.1 Å². The minimum Gasteiger partial charge on any atom is -0.497 e. The first kappa shape index (κ1) is 18.5. The van der Waals surface area contributed by atoms with E-state index in [0.717, 1.165) is 50.1 Å². The maximum absolute atomic E-state index is 6.43. The van der Waals surface area contributed by atoms with E-state index in [1.165, 1.54) is 0 Å². The number of rotatable bonds is 3. The third-order valence-electron chi connectivity index (χ3n) is 6.10. The largest absolute Gasteiger partial charge is 0.497 e. The first-order valence-electron chi connectivity index (χ1n) is 10.4. The number of fused-ring (bicyclic) bond motifs is 3. The Hall–Kier alpha value is -4.26. The lowest BCUT2D eigenvalue weighted by molar-refractivity contribution is 0.415. The van der Waals surface area contributed by atoms with Crippen molar-refractivity contribution in [1.82, 2.24) is 23.7 Å². The van der Waals surface area contributed by atoms with Gasteiger partial charge in [0.25, 0.3) is 0 Å². The van der Waals surface area contributed by atoms with Gasteiger partial charge >= 0.3 is 0 Å². The fourth-order valence-electron chi connectivity index (χ4n) is 4.52. The van der Waals surface area contributed by atoms with Gasteiger partial charge in [-0.15, -0.1) is 0 Å². The zero-order valence-corrected chi connectivity index (χ0v) is 18.1. The number of hydrogen-bond donors (Lipinski definition) is 1. The second-order valence-electron chi connectivity index (χ2n) is 8.07. The van der Waals surface area contributed by atoms with E-state index in [1.807, 2.05) is 50.5 Å². The summed E-state index contributed by atoms with van der Waals surface area (Å²) in [4.78, 5) is 4.92. The Morgan fingerprint density at radius 2 is 1.53 bits per heavy atom. The lowest BCUT2D eigenvalue weighted by Gasteiger charge is -2.04. The van der Waals surface area contributed by atoms with Crippen molar-refractivity contribution in [2.24, 2.45) is 14.1 Å². The highest BCUT2D eigenvalue weighted by Crippen LogP contribution is 2.34. The number of nitrogens with zero attached hydrogens (tertiary/aromatic N) is 5. The number of benzene rings is 2. The SMILES string of the molecule is COc1ccc2c(c1)c(-c1cc(N)n3nc(-c4cn(C)c5ccccc45)cc3n1)cn2C. The Balaban J connectivity index is 1.55. The Bertz CT molecular complexity index is 1650. The summed E-state index contributed by atoms with van der Waals surface area (Å²) in [5, 5.41) is 6.98. The molecule has 7 nitrogen and oxygen atoms in total. The molecule has 32 heavy (non-hydrogen) atoms. The molecule has 0 atom stereocenters. The quantitative estimate of drug-likeness (QED) is 0.451. The molecule has 0 radical (unpaired) electrons. The van der Waals surface area contributed by atoms with E-state index in [0.29, 0.717) is 11.5 Å². The summed E-state index contributed by atoms with van der Waals surface area (Å²) in [6, 6.07) is 18.2. The van der Waals surface area contributed by atoms with Gasteiger partial charge in [-0.25, -0.2) is 4.98 Å². The number of aryl methyl sites for hydroxylation is 2. The molecule has 0 saturated carbocycles. The first-order chi connectivity index (χ1) is 15.5. The van der Waals surface area contributed by atoms with Gasteiger partial charge in [-0.05, 0) is 24.3 Å². The van der Waals surface area contributed by atoms with Gasteiger partial charge < -0.3 is 19.6 Å². The number of aromatic nitrogens is 5. The van der Waals surface area contributed by atoms with Gasteiger partial charge in [0.15, 0.2) is 5.65 Å². The van der Waals surface area contributed by atoms with Crippen LogP contribution >= 0.6 is 0 Å². The van der Waals surface area contributed by atoms with Crippen LogP contribution in [-0.4, -0.2) is 30.8 Å². The normalized spacial score (nSPS) is 11.7. The van der Waals surface area contributed by atoms with E-state index in [2.05, 4.69) is 39.7 Å². The molecule has 2 aromatic carbocycles. The zero-order valence-electron chi connectivity index (χ0n) is 18.1. The minimum absolute atomic E-state index is 0.538. The third-order valence-corrected chi connectivity index (χ3v) is 6.10. The summed E-state index contributed by atoms with van der Waals surface area (Å²) in [6.45, 7) is 0. The summed E-state index contributed by atoms with van der Waals surface area (Å²) in [5.41, 5.74) is 13.1. The van der Waals surface area contributed by atoms with Gasteiger partial charge in [-0.2, -0.15) is 9.61 Å². The molecule has 6 rings (SSSR count).